The van der Waals surface area contributed by atoms with Gasteiger partial charge in [0.05, 0.1) is 21.1 Å². The average Bonchev–Trinajstić information content (AvgIpc) is 3.13. The van der Waals surface area contributed by atoms with Crippen molar-refractivity contribution in [3.8, 4) is 0 Å². The maximum Gasteiger partial charge on any atom is 0.275 e. The van der Waals surface area contributed by atoms with Crippen LogP contribution in [0.3, 0.4) is 0 Å². The van der Waals surface area contributed by atoms with Gasteiger partial charge in [-0.3, -0.25) is 14.7 Å². The van der Waals surface area contributed by atoms with E-state index in [1.165, 1.54) is 0 Å². The van der Waals surface area contributed by atoms with E-state index in [0.29, 0.717) is 42.5 Å². The van der Waals surface area contributed by atoms with Crippen LogP contribution < -0.4 is 0 Å². The van der Waals surface area contributed by atoms with Gasteiger partial charge in [-0.25, -0.2) is 0 Å². The molecule has 1 aliphatic heterocycles. The number of carbonyl (C=O) groups is 2. The minimum Gasteiger partial charge on any atom is -0.335 e. The van der Waals surface area contributed by atoms with Gasteiger partial charge in [0.1, 0.15) is 0 Å². The van der Waals surface area contributed by atoms with Gasteiger partial charge in [-0.2, -0.15) is 5.10 Å². The number of hydrogen-bond acceptors (Lipinski definition) is 3. The molecule has 138 valence electrons. The van der Waals surface area contributed by atoms with Crippen molar-refractivity contribution in [3.63, 3.8) is 0 Å². The fraction of sp³-hybridized carbons (Fsp3) is 0.211. The SMILES string of the molecule is O=C(c1cccc(Cl)c1Cl)N1CCN(C(=O)c2n[nH]c3ccccc23)CC1. The van der Waals surface area contributed by atoms with Gasteiger partial charge in [0.2, 0.25) is 0 Å². The highest BCUT2D eigenvalue weighted by molar-refractivity contribution is 6.43. The Balaban J connectivity index is 1.46. The summed E-state index contributed by atoms with van der Waals surface area (Å²) in [6.45, 7) is 1.72. The Hall–Kier alpha value is -2.57. The van der Waals surface area contributed by atoms with Gasteiger partial charge in [-0.05, 0) is 18.2 Å². The number of H-pyrrole nitrogens is 1. The van der Waals surface area contributed by atoms with Crippen LogP contribution >= 0.6 is 23.2 Å². The van der Waals surface area contributed by atoms with Gasteiger partial charge in [-0.15, -0.1) is 0 Å². The second-order valence-corrected chi connectivity index (χ2v) is 7.09. The lowest BCUT2D eigenvalue weighted by atomic mass is 10.1. The number of halogens is 2. The summed E-state index contributed by atoms with van der Waals surface area (Å²) in [5.41, 5.74) is 1.61. The van der Waals surface area contributed by atoms with Crippen LogP contribution in [0.4, 0.5) is 0 Å². The highest BCUT2D eigenvalue weighted by atomic mass is 35.5. The highest BCUT2D eigenvalue weighted by Gasteiger charge is 2.28. The number of carbonyl (C=O) groups excluding carboxylic acids is 2. The molecule has 6 nitrogen and oxygen atoms in total. The largest absolute Gasteiger partial charge is 0.335 e. The van der Waals surface area contributed by atoms with Crippen LogP contribution in [0.5, 0.6) is 0 Å². The number of aromatic nitrogens is 2. The number of para-hydroxylation sites is 1. The first kappa shape index (κ1) is 17.8. The molecule has 2 amide bonds. The van der Waals surface area contributed by atoms with E-state index in [2.05, 4.69) is 10.2 Å². The molecular formula is C19H16Cl2N4O2. The van der Waals surface area contributed by atoms with Crippen LogP contribution in [0.1, 0.15) is 20.8 Å². The van der Waals surface area contributed by atoms with E-state index < -0.39 is 0 Å². The summed E-state index contributed by atoms with van der Waals surface area (Å²) >= 11 is 12.2. The summed E-state index contributed by atoms with van der Waals surface area (Å²) in [5, 5.41) is 8.45. The Morgan fingerprint density at radius 2 is 1.56 bits per heavy atom. The summed E-state index contributed by atoms with van der Waals surface area (Å²) in [5.74, 6) is -0.319. The summed E-state index contributed by atoms with van der Waals surface area (Å²) in [7, 11) is 0. The third-order valence-corrected chi connectivity index (χ3v) is 5.53. The molecular weight excluding hydrogens is 387 g/mol. The van der Waals surface area contributed by atoms with Crippen LogP contribution in [0.2, 0.25) is 10.0 Å². The quantitative estimate of drug-likeness (QED) is 0.713. The number of nitrogens with one attached hydrogen (secondary N) is 1. The van der Waals surface area contributed by atoms with E-state index in [4.69, 9.17) is 23.2 Å². The summed E-state index contributed by atoms with van der Waals surface area (Å²) in [6.07, 6.45) is 0. The Morgan fingerprint density at radius 3 is 2.30 bits per heavy atom. The first-order valence-corrected chi connectivity index (χ1v) is 9.27. The molecule has 2 aromatic carbocycles. The Kier molecular flexibility index (Phi) is 4.76. The Bertz CT molecular complexity index is 1030. The van der Waals surface area contributed by atoms with Gasteiger partial charge in [-0.1, -0.05) is 47.5 Å². The zero-order valence-corrected chi connectivity index (χ0v) is 15.8. The average molecular weight is 403 g/mol. The third-order valence-electron chi connectivity index (χ3n) is 4.71. The van der Waals surface area contributed by atoms with Crippen molar-refractivity contribution in [2.45, 2.75) is 0 Å². The van der Waals surface area contributed by atoms with E-state index in [-0.39, 0.29) is 16.8 Å². The molecule has 1 fully saturated rings. The van der Waals surface area contributed by atoms with E-state index in [1.54, 1.807) is 28.0 Å². The van der Waals surface area contributed by atoms with Crippen molar-refractivity contribution in [1.29, 1.82) is 0 Å². The van der Waals surface area contributed by atoms with E-state index >= 15 is 0 Å². The van der Waals surface area contributed by atoms with E-state index in [1.807, 2.05) is 24.3 Å². The zero-order valence-electron chi connectivity index (χ0n) is 14.3. The van der Waals surface area contributed by atoms with Crippen molar-refractivity contribution in [2.24, 2.45) is 0 Å². The predicted octanol–water partition coefficient (Wildman–Crippen LogP) is 3.47. The molecule has 4 rings (SSSR count). The fourth-order valence-electron chi connectivity index (χ4n) is 3.23. The Morgan fingerprint density at radius 1 is 0.889 bits per heavy atom. The lowest BCUT2D eigenvalue weighted by Gasteiger charge is -2.34. The number of amides is 2. The van der Waals surface area contributed by atoms with Crippen molar-refractivity contribution < 1.29 is 9.59 Å². The molecule has 1 N–H and O–H groups in total. The number of hydrogen-bond donors (Lipinski definition) is 1. The smallest absolute Gasteiger partial charge is 0.275 e. The van der Waals surface area contributed by atoms with Crippen LogP contribution in [0.15, 0.2) is 42.5 Å². The molecule has 0 atom stereocenters. The number of fused-ring (bicyclic) bond motifs is 1. The minimum absolute atomic E-state index is 0.139. The molecule has 1 aromatic heterocycles. The fourth-order valence-corrected chi connectivity index (χ4v) is 3.61. The molecule has 8 heteroatoms. The van der Waals surface area contributed by atoms with Crippen LogP contribution in [0, 0.1) is 0 Å². The molecule has 0 saturated carbocycles. The normalized spacial score (nSPS) is 14.6. The molecule has 2 heterocycles. The molecule has 1 saturated heterocycles. The van der Waals surface area contributed by atoms with Crippen LogP contribution in [-0.2, 0) is 0 Å². The summed E-state index contributed by atoms with van der Waals surface area (Å²) < 4.78 is 0. The second-order valence-electron chi connectivity index (χ2n) is 6.30. The molecule has 27 heavy (non-hydrogen) atoms. The van der Waals surface area contributed by atoms with Crippen LogP contribution in [-0.4, -0.2) is 58.0 Å². The van der Waals surface area contributed by atoms with Gasteiger partial charge >= 0.3 is 0 Å². The van der Waals surface area contributed by atoms with Gasteiger partial charge in [0.25, 0.3) is 11.8 Å². The monoisotopic (exact) mass is 402 g/mol. The molecule has 0 bridgehead atoms. The van der Waals surface area contributed by atoms with Crippen LogP contribution in [0.25, 0.3) is 10.9 Å². The second kappa shape index (κ2) is 7.21. The first-order chi connectivity index (χ1) is 13.1. The summed E-state index contributed by atoms with van der Waals surface area (Å²) in [6, 6.07) is 12.5. The Labute approximate surface area is 165 Å². The molecule has 0 unspecified atom stereocenters. The lowest BCUT2D eigenvalue weighted by molar-refractivity contribution is 0.0533. The molecule has 0 aliphatic carbocycles. The molecule has 0 radical (unpaired) electrons. The summed E-state index contributed by atoms with van der Waals surface area (Å²) in [4.78, 5) is 28.9. The van der Waals surface area contributed by atoms with Gasteiger partial charge in [0.15, 0.2) is 5.69 Å². The number of aromatic amines is 1. The van der Waals surface area contributed by atoms with Crippen molar-refractivity contribution in [2.75, 3.05) is 26.2 Å². The zero-order chi connectivity index (χ0) is 19.0. The standard InChI is InChI=1S/C19H16Cl2N4O2/c20-14-6-3-5-13(16(14)21)18(26)24-8-10-25(11-9-24)19(27)17-12-4-1-2-7-15(12)22-23-17/h1-7H,8-11H2,(H,22,23). The number of nitrogens with zero attached hydrogens (tertiary/aromatic N) is 3. The number of benzene rings is 2. The molecule has 1 aliphatic rings. The van der Waals surface area contributed by atoms with Crippen molar-refractivity contribution in [3.05, 3.63) is 63.8 Å². The molecule has 0 spiro atoms. The van der Waals surface area contributed by atoms with Gasteiger partial charge in [0, 0.05) is 31.6 Å². The lowest BCUT2D eigenvalue weighted by Crippen LogP contribution is -2.50. The number of piperazine rings is 1. The predicted molar refractivity (Wildman–Crippen MR) is 104 cm³/mol. The minimum atomic E-state index is -0.181. The van der Waals surface area contributed by atoms with Gasteiger partial charge < -0.3 is 9.80 Å². The van der Waals surface area contributed by atoms with Crippen molar-refractivity contribution >= 4 is 45.9 Å². The first-order valence-electron chi connectivity index (χ1n) is 8.52. The van der Waals surface area contributed by atoms with E-state index in [9.17, 15) is 9.59 Å². The maximum atomic E-state index is 12.8. The third kappa shape index (κ3) is 3.26. The molecule has 3 aromatic rings. The van der Waals surface area contributed by atoms with E-state index in [0.717, 1.165) is 10.9 Å². The van der Waals surface area contributed by atoms with Crippen molar-refractivity contribution in [1.82, 2.24) is 20.0 Å². The topological polar surface area (TPSA) is 69.3 Å². The maximum absolute atomic E-state index is 12.8. The number of rotatable bonds is 2. The highest BCUT2D eigenvalue weighted by Crippen LogP contribution is 2.27.